The van der Waals surface area contributed by atoms with Gasteiger partial charge in [-0.1, -0.05) is 351 Å². The average molecular weight is 1160 g/mol. The molecule has 0 aliphatic heterocycles. The first-order chi connectivity index (χ1) is 41.0. The van der Waals surface area contributed by atoms with Gasteiger partial charge < -0.3 is 14.2 Å². The van der Waals surface area contributed by atoms with Gasteiger partial charge in [0.2, 0.25) is 0 Å². The highest BCUT2D eigenvalue weighted by atomic mass is 16.6. The molecular formula is C77H140O6. The molecule has 0 fully saturated rings. The summed E-state index contributed by atoms with van der Waals surface area (Å²) in [6.07, 6.45) is 92.8. The van der Waals surface area contributed by atoms with E-state index in [2.05, 4.69) is 81.5 Å². The molecule has 0 aliphatic carbocycles. The predicted octanol–water partition coefficient (Wildman–Crippen LogP) is 25.5. The number of esters is 3. The van der Waals surface area contributed by atoms with Crippen LogP contribution < -0.4 is 0 Å². The van der Waals surface area contributed by atoms with E-state index in [1.165, 1.54) is 250 Å². The summed E-state index contributed by atoms with van der Waals surface area (Å²) in [5.74, 6) is -0.867. The van der Waals surface area contributed by atoms with E-state index in [0.29, 0.717) is 19.3 Å². The Balaban J connectivity index is 4.09. The average Bonchev–Trinajstić information content (AvgIpc) is 3.50. The fraction of sp³-hybridized carbons (Fsp3) is 0.831. The third kappa shape index (κ3) is 69.8. The summed E-state index contributed by atoms with van der Waals surface area (Å²) in [5.41, 5.74) is 0. The van der Waals surface area contributed by atoms with Gasteiger partial charge in [-0.05, 0) is 83.5 Å². The monoisotopic (exact) mass is 1160 g/mol. The Morgan fingerprint density at radius 3 is 0.735 bits per heavy atom. The number of rotatable bonds is 68. The van der Waals surface area contributed by atoms with Gasteiger partial charge in [-0.15, -0.1) is 0 Å². The maximum Gasteiger partial charge on any atom is 0.306 e. The standard InChI is InChI=1S/C77H140O6/c1-4-7-10-13-16-19-22-25-28-29-30-31-32-33-34-35-36-37-38-39-40-41-42-43-44-45-46-47-50-52-55-58-61-64-67-70-76(79)82-73-74(83-77(80)71-68-65-62-59-56-53-49-27-24-21-18-15-12-9-6-3)72-81-75(78)69-66-63-60-57-54-51-48-26-23-20-17-14-11-8-5-2/h9,12,18,21-22,25,27,29-30,49,74H,4-8,10-11,13-17,19-20,23-24,26,28,31-48,50-73H2,1-3H3/b12-9-,21-18-,25-22-,30-29-,49-27-. The van der Waals surface area contributed by atoms with Gasteiger partial charge in [0.05, 0.1) is 0 Å². The maximum absolute atomic E-state index is 12.9. The molecule has 0 heterocycles. The lowest BCUT2D eigenvalue weighted by Crippen LogP contribution is -2.30. The summed E-state index contributed by atoms with van der Waals surface area (Å²) < 4.78 is 17.0. The number of carbonyl (C=O) groups is 3. The van der Waals surface area contributed by atoms with E-state index in [-0.39, 0.29) is 31.1 Å². The Labute approximate surface area is 517 Å². The van der Waals surface area contributed by atoms with E-state index in [9.17, 15) is 14.4 Å². The molecule has 1 atom stereocenters. The fourth-order valence-corrected chi connectivity index (χ4v) is 11.0. The van der Waals surface area contributed by atoms with Crippen molar-refractivity contribution in [2.45, 2.75) is 399 Å². The van der Waals surface area contributed by atoms with Crippen molar-refractivity contribution in [3.05, 3.63) is 60.8 Å². The van der Waals surface area contributed by atoms with Crippen molar-refractivity contribution in [1.82, 2.24) is 0 Å². The molecule has 0 spiro atoms. The topological polar surface area (TPSA) is 78.9 Å². The van der Waals surface area contributed by atoms with Gasteiger partial charge >= 0.3 is 17.9 Å². The molecule has 0 amide bonds. The highest BCUT2D eigenvalue weighted by molar-refractivity contribution is 5.71. The molecule has 83 heavy (non-hydrogen) atoms. The van der Waals surface area contributed by atoms with Gasteiger partial charge in [0.1, 0.15) is 13.2 Å². The number of unbranched alkanes of at least 4 members (excludes halogenated alkanes) is 47. The molecule has 6 nitrogen and oxygen atoms in total. The van der Waals surface area contributed by atoms with Crippen molar-refractivity contribution in [1.29, 1.82) is 0 Å². The zero-order valence-corrected chi connectivity index (χ0v) is 55.7. The molecule has 0 aromatic heterocycles. The Morgan fingerprint density at radius 1 is 0.253 bits per heavy atom. The lowest BCUT2D eigenvalue weighted by molar-refractivity contribution is -0.167. The van der Waals surface area contributed by atoms with Crippen LogP contribution in [0.15, 0.2) is 60.8 Å². The lowest BCUT2D eigenvalue weighted by Gasteiger charge is -2.18. The van der Waals surface area contributed by atoms with E-state index < -0.39 is 6.10 Å². The van der Waals surface area contributed by atoms with E-state index in [0.717, 1.165) is 103 Å². The van der Waals surface area contributed by atoms with Crippen LogP contribution in [0.25, 0.3) is 0 Å². The Morgan fingerprint density at radius 2 is 0.470 bits per heavy atom. The summed E-state index contributed by atoms with van der Waals surface area (Å²) in [6, 6.07) is 0. The van der Waals surface area contributed by atoms with Crippen LogP contribution in [0.4, 0.5) is 0 Å². The first-order valence-electron chi connectivity index (χ1n) is 36.8. The Bertz CT molecular complexity index is 1470. The number of ether oxygens (including phenoxy) is 3. The zero-order chi connectivity index (χ0) is 59.9. The van der Waals surface area contributed by atoms with Crippen LogP contribution in [0.5, 0.6) is 0 Å². The normalized spacial score (nSPS) is 12.4. The second-order valence-electron chi connectivity index (χ2n) is 24.8. The van der Waals surface area contributed by atoms with Crippen molar-refractivity contribution in [3.8, 4) is 0 Å². The molecule has 0 N–H and O–H groups in total. The largest absolute Gasteiger partial charge is 0.462 e. The van der Waals surface area contributed by atoms with Crippen LogP contribution in [0.1, 0.15) is 393 Å². The summed E-state index contributed by atoms with van der Waals surface area (Å²) in [4.78, 5) is 38.4. The summed E-state index contributed by atoms with van der Waals surface area (Å²) >= 11 is 0. The molecule has 0 saturated carbocycles. The number of carbonyl (C=O) groups excluding carboxylic acids is 3. The van der Waals surface area contributed by atoms with Crippen LogP contribution >= 0.6 is 0 Å². The smallest absolute Gasteiger partial charge is 0.306 e. The van der Waals surface area contributed by atoms with Gasteiger partial charge in [-0.3, -0.25) is 14.4 Å². The summed E-state index contributed by atoms with van der Waals surface area (Å²) in [5, 5.41) is 0. The Hall–Kier alpha value is -2.89. The molecule has 0 bridgehead atoms. The van der Waals surface area contributed by atoms with Crippen LogP contribution in [0.3, 0.4) is 0 Å². The van der Waals surface area contributed by atoms with E-state index in [1.54, 1.807) is 0 Å². The molecular weight excluding hydrogens is 1020 g/mol. The highest BCUT2D eigenvalue weighted by Gasteiger charge is 2.19. The zero-order valence-electron chi connectivity index (χ0n) is 55.7. The summed E-state index contributed by atoms with van der Waals surface area (Å²) in [7, 11) is 0. The van der Waals surface area contributed by atoms with E-state index in [1.807, 2.05) is 0 Å². The number of hydrogen-bond donors (Lipinski definition) is 0. The van der Waals surface area contributed by atoms with Crippen molar-refractivity contribution in [2.75, 3.05) is 13.2 Å². The minimum atomic E-state index is -0.781. The first-order valence-corrected chi connectivity index (χ1v) is 36.8. The predicted molar refractivity (Wildman–Crippen MR) is 362 cm³/mol. The second-order valence-corrected chi connectivity index (χ2v) is 24.8. The van der Waals surface area contributed by atoms with Gasteiger partial charge in [-0.25, -0.2) is 0 Å². The molecule has 0 aliphatic rings. The molecule has 0 rings (SSSR count). The van der Waals surface area contributed by atoms with E-state index >= 15 is 0 Å². The van der Waals surface area contributed by atoms with Gasteiger partial charge in [0.25, 0.3) is 0 Å². The number of hydrogen-bond acceptors (Lipinski definition) is 6. The molecule has 484 valence electrons. The second kappa shape index (κ2) is 71.6. The van der Waals surface area contributed by atoms with Crippen molar-refractivity contribution >= 4 is 17.9 Å². The molecule has 6 heteroatoms. The van der Waals surface area contributed by atoms with Crippen LogP contribution in [0.2, 0.25) is 0 Å². The molecule has 0 saturated heterocycles. The van der Waals surface area contributed by atoms with Gasteiger partial charge in [-0.2, -0.15) is 0 Å². The third-order valence-corrected chi connectivity index (χ3v) is 16.5. The lowest BCUT2D eigenvalue weighted by atomic mass is 10.0. The van der Waals surface area contributed by atoms with Crippen LogP contribution in [0, 0.1) is 0 Å². The van der Waals surface area contributed by atoms with Gasteiger partial charge in [0, 0.05) is 19.3 Å². The first kappa shape index (κ1) is 80.1. The van der Waals surface area contributed by atoms with Crippen molar-refractivity contribution in [3.63, 3.8) is 0 Å². The molecule has 0 aromatic rings. The van der Waals surface area contributed by atoms with Gasteiger partial charge in [0.15, 0.2) is 6.10 Å². The van der Waals surface area contributed by atoms with Crippen molar-refractivity contribution in [2.24, 2.45) is 0 Å². The Kier molecular flexibility index (Phi) is 69.1. The minimum Gasteiger partial charge on any atom is -0.462 e. The van der Waals surface area contributed by atoms with E-state index in [4.69, 9.17) is 14.2 Å². The minimum absolute atomic E-state index is 0.0757. The van der Waals surface area contributed by atoms with Crippen LogP contribution in [-0.2, 0) is 28.6 Å². The molecule has 0 aromatic carbocycles. The van der Waals surface area contributed by atoms with Crippen molar-refractivity contribution < 1.29 is 28.6 Å². The fourth-order valence-electron chi connectivity index (χ4n) is 11.0. The highest BCUT2D eigenvalue weighted by Crippen LogP contribution is 2.19. The molecule has 1 unspecified atom stereocenters. The quantitative estimate of drug-likeness (QED) is 0.0261. The molecule has 0 radical (unpaired) electrons. The summed E-state index contributed by atoms with van der Waals surface area (Å²) in [6.45, 7) is 6.57. The van der Waals surface area contributed by atoms with Crippen LogP contribution in [-0.4, -0.2) is 37.2 Å². The SMILES string of the molecule is CC/C=C\C/C=C\C/C=C\CCCCCCCC(=O)OC(COC(=O)CCCCCCCCCCCCCCCCC)COC(=O)CCCCCCCCCCCCCCCCCCCCCCCCC/C=C\C/C=C\CCCCCCC. The number of allylic oxidation sites excluding steroid dienone is 10. The maximum atomic E-state index is 12.9. The third-order valence-electron chi connectivity index (χ3n) is 16.5.